The van der Waals surface area contributed by atoms with Gasteiger partial charge in [0.25, 0.3) is 5.56 Å². The zero-order valence-electron chi connectivity index (χ0n) is 14.5. The average Bonchev–Trinajstić information content (AvgIpc) is 3.11. The van der Waals surface area contributed by atoms with Crippen LogP contribution in [0.2, 0.25) is 5.02 Å². The number of nitrogens with zero attached hydrogens (tertiary/aromatic N) is 3. The molecular formula is C18H14ClF2N3O4. The molecule has 0 unspecified atom stereocenters. The molecule has 0 fully saturated rings. The van der Waals surface area contributed by atoms with Crippen molar-refractivity contribution in [2.24, 2.45) is 0 Å². The summed E-state index contributed by atoms with van der Waals surface area (Å²) in [6.45, 7) is 1.47. The molecule has 3 rings (SSSR count). The number of benzene rings is 1. The topological polar surface area (TPSA) is 86.4 Å². The predicted octanol–water partition coefficient (Wildman–Crippen LogP) is 3.44. The summed E-state index contributed by atoms with van der Waals surface area (Å²) < 4.78 is 34.2. The van der Waals surface area contributed by atoms with Gasteiger partial charge in [-0.15, -0.1) is 0 Å². The fraction of sp³-hybridized carbons (Fsp3) is 0.167. The first-order valence-corrected chi connectivity index (χ1v) is 8.37. The minimum Gasteiger partial charge on any atom is -0.487 e. The minimum absolute atomic E-state index is 0.0601. The van der Waals surface area contributed by atoms with Crippen LogP contribution in [-0.2, 0) is 13.2 Å². The summed E-state index contributed by atoms with van der Waals surface area (Å²) in [4.78, 5) is 23.4. The second-order valence-corrected chi connectivity index (χ2v) is 6.33. The Kier molecular flexibility index (Phi) is 5.46. The van der Waals surface area contributed by atoms with Crippen LogP contribution < -0.4 is 10.3 Å². The van der Waals surface area contributed by atoms with Crippen molar-refractivity contribution < 1.29 is 23.4 Å². The molecule has 1 aromatic carbocycles. The third-order valence-corrected chi connectivity index (χ3v) is 4.33. The Bertz CT molecular complexity index is 1110. The summed E-state index contributed by atoms with van der Waals surface area (Å²) in [6, 6.07) is 4.59. The molecule has 10 heteroatoms. The molecule has 0 aliphatic carbocycles. The molecule has 0 amide bonds. The molecule has 2 aromatic heterocycles. The van der Waals surface area contributed by atoms with Crippen molar-refractivity contribution in [3.63, 3.8) is 0 Å². The first-order chi connectivity index (χ1) is 13.3. The summed E-state index contributed by atoms with van der Waals surface area (Å²) in [5.41, 5.74) is 0.539. The number of carbonyl (C=O) groups is 1. The van der Waals surface area contributed by atoms with E-state index in [1.165, 1.54) is 29.1 Å². The van der Waals surface area contributed by atoms with Gasteiger partial charge in [0.05, 0.1) is 12.7 Å². The molecule has 0 atom stereocenters. The lowest BCUT2D eigenvalue weighted by Gasteiger charge is -2.14. The highest BCUT2D eigenvalue weighted by atomic mass is 35.5. The number of aryl methyl sites for hydroxylation is 1. The van der Waals surface area contributed by atoms with Crippen LogP contribution in [0.4, 0.5) is 13.6 Å². The number of aromatic nitrogens is 3. The summed E-state index contributed by atoms with van der Waals surface area (Å²) >= 11 is 6.10. The molecule has 0 aliphatic rings. The number of halogens is 3. The Morgan fingerprint density at radius 2 is 2.07 bits per heavy atom. The molecule has 3 aromatic rings. The third-order valence-electron chi connectivity index (χ3n) is 3.99. The number of rotatable bonds is 5. The monoisotopic (exact) mass is 409 g/mol. The summed E-state index contributed by atoms with van der Waals surface area (Å²) in [5, 5.41) is 12.3. The molecule has 28 heavy (non-hydrogen) atoms. The van der Waals surface area contributed by atoms with Crippen LogP contribution in [0, 0.1) is 18.6 Å². The predicted molar refractivity (Wildman–Crippen MR) is 95.9 cm³/mol. The van der Waals surface area contributed by atoms with Crippen molar-refractivity contribution in [3.05, 3.63) is 80.5 Å². The van der Waals surface area contributed by atoms with E-state index in [1.54, 1.807) is 6.92 Å². The van der Waals surface area contributed by atoms with Gasteiger partial charge in [0.15, 0.2) is 0 Å². The van der Waals surface area contributed by atoms with E-state index < -0.39 is 23.3 Å². The molecule has 146 valence electrons. The number of carboxylic acid groups (broad SMARTS) is 1. The van der Waals surface area contributed by atoms with Crippen LogP contribution in [-0.4, -0.2) is 25.5 Å². The van der Waals surface area contributed by atoms with E-state index in [2.05, 4.69) is 5.10 Å². The van der Waals surface area contributed by atoms with Crippen molar-refractivity contribution in [1.82, 2.24) is 14.3 Å². The molecule has 0 bridgehead atoms. The van der Waals surface area contributed by atoms with Gasteiger partial charge in [0.1, 0.15) is 29.0 Å². The third kappa shape index (κ3) is 4.04. The lowest BCUT2D eigenvalue weighted by Crippen LogP contribution is -2.24. The van der Waals surface area contributed by atoms with E-state index in [0.717, 1.165) is 16.8 Å². The van der Waals surface area contributed by atoms with Gasteiger partial charge in [-0.2, -0.15) is 9.78 Å². The van der Waals surface area contributed by atoms with E-state index in [0.29, 0.717) is 11.3 Å². The SMILES string of the molecule is Cc1cc(OCc2ccc(F)cc2F)c(Cl)c(=O)n1Cc1cnn(C(=O)O)c1. The number of ether oxygens (including phenoxy) is 1. The minimum atomic E-state index is -1.25. The largest absolute Gasteiger partial charge is 0.487 e. The molecular weight excluding hydrogens is 396 g/mol. The van der Waals surface area contributed by atoms with Crippen LogP contribution >= 0.6 is 11.6 Å². The molecule has 1 N–H and O–H groups in total. The number of hydrogen-bond acceptors (Lipinski definition) is 4. The van der Waals surface area contributed by atoms with Gasteiger partial charge in [0.2, 0.25) is 0 Å². The van der Waals surface area contributed by atoms with Crippen molar-refractivity contribution in [1.29, 1.82) is 0 Å². The lowest BCUT2D eigenvalue weighted by atomic mass is 10.2. The molecule has 0 aliphatic heterocycles. The van der Waals surface area contributed by atoms with Gasteiger partial charge in [-0.25, -0.2) is 13.6 Å². The van der Waals surface area contributed by atoms with E-state index in [4.69, 9.17) is 21.4 Å². The van der Waals surface area contributed by atoms with E-state index in [1.807, 2.05) is 0 Å². The Morgan fingerprint density at radius 3 is 2.71 bits per heavy atom. The normalized spacial score (nSPS) is 10.9. The van der Waals surface area contributed by atoms with Gasteiger partial charge in [-0.05, 0) is 19.1 Å². The van der Waals surface area contributed by atoms with E-state index in [-0.39, 0.29) is 29.5 Å². The maximum absolute atomic E-state index is 13.7. The van der Waals surface area contributed by atoms with Gasteiger partial charge in [-0.1, -0.05) is 11.6 Å². The van der Waals surface area contributed by atoms with Gasteiger partial charge < -0.3 is 14.4 Å². The van der Waals surface area contributed by atoms with Crippen LogP contribution in [0.5, 0.6) is 5.75 Å². The number of pyridine rings is 1. The van der Waals surface area contributed by atoms with E-state index in [9.17, 15) is 18.4 Å². The highest BCUT2D eigenvalue weighted by Crippen LogP contribution is 2.24. The zero-order chi connectivity index (χ0) is 20.4. The van der Waals surface area contributed by atoms with Crippen molar-refractivity contribution in [2.45, 2.75) is 20.1 Å². The fourth-order valence-electron chi connectivity index (χ4n) is 2.54. The standard InChI is InChI=1S/C18H14ClF2N3O4/c1-10-4-15(28-9-12-2-3-13(20)5-14(12)21)16(19)17(25)23(10)7-11-6-22-24(8-11)18(26)27/h2-6,8H,7,9H2,1H3,(H,26,27). The number of hydrogen-bond donors (Lipinski definition) is 1. The Hall–Kier alpha value is -3.20. The van der Waals surface area contributed by atoms with Gasteiger partial charge in [-0.3, -0.25) is 4.79 Å². The molecule has 0 saturated carbocycles. The Morgan fingerprint density at radius 1 is 1.32 bits per heavy atom. The Balaban J connectivity index is 1.83. The zero-order valence-corrected chi connectivity index (χ0v) is 15.3. The van der Waals surface area contributed by atoms with E-state index >= 15 is 0 Å². The fourth-order valence-corrected chi connectivity index (χ4v) is 2.75. The highest BCUT2D eigenvalue weighted by Gasteiger charge is 2.15. The van der Waals surface area contributed by atoms with Gasteiger partial charge in [0, 0.05) is 35.2 Å². The maximum atomic E-state index is 13.7. The molecule has 0 spiro atoms. The summed E-state index contributed by atoms with van der Waals surface area (Å²) in [5.74, 6) is -1.41. The second-order valence-electron chi connectivity index (χ2n) is 5.96. The summed E-state index contributed by atoms with van der Waals surface area (Å²) in [6.07, 6.45) is 1.37. The van der Waals surface area contributed by atoms with Crippen molar-refractivity contribution in [3.8, 4) is 5.75 Å². The first-order valence-electron chi connectivity index (χ1n) is 7.99. The van der Waals surface area contributed by atoms with Crippen LogP contribution in [0.25, 0.3) is 0 Å². The first kappa shape index (κ1) is 19.6. The highest BCUT2D eigenvalue weighted by molar-refractivity contribution is 6.31. The second kappa shape index (κ2) is 7.81. The van der Waals surface area contributed by atoms with Gasteiger partial charge >= 0.3 is 6.09 Å². The molecule has 2 heterocycles. The average molecular weight is 410 g/mol. The Labute approximate surface area is 162 Å². The summed E-state index contributed by atoms with van der Waals surface area (Å²) in [7, 11) is 0. The van der Waals surface area contributed by atoms with Crippen molar-refractivity contribution in [2.75, 3.05) is 0 Å². The lowest BCUT2D eigenvalue weighted by molar-refractivity contribution is 0.192. The van der Waals surface area contributed by atoms with Crippen LogP contribution in [0.15, 0.2) is 41.5 Å². The molecule has 7 nitrogen and oxygen atoms in total. The molecule has 0 radical (unpaired) electrons. The quantitative estimate of drug-likeness (QED) is 0.697. The maximum Gasteiger partial charge on any atom is 0.432 e. The smallest absolute Gasteiger partial charge is 0.432 e. The van der Waals surface area contributed by atoms with Crippen molar-refractivity contribution >= 4 is 17.7 Å². The van der Waals surface area contributed by atoms with Crippen LogP contribution in [0.3, 0.4) is 0 Å². The van der Waals surface area contributed by atoms with Crippen LogP contribution in [0.1, 0.15) is 16.8 Å². The molecule has 0 saturated heterocycles.